The monoisotopic (exact) mass is 364 g/mol. The fourth-order valence-corrected chi connectivity index (χ4v) is 3.77. The lowest BCUT2D eigenvalue weighted by molar-refractivity contribution is -0.113. The second kappa shape index (κ2) is 7.74. The zero-order valence-electron chi connectivity index (χ0n) is 14.4. The number of hydrogen-bond acceptors (Lipinski definition) is 5. The standard InChI is InChI=1S/C20H20N4OS/c25-18(21-15-8-2-1-3-9-15)14-26-20-22-17-11-5-4-10-16(17)19(23-20)24-12-6-7-13-24/h1-5,8-11H,6-7,12-14H2,(H,21,25). The Morgan fingerprint density at radius 3 is 2.54 bits per heavy atom. The largest absolute Gasteiger partial charge is 0.356 e. The van der Waals surface area contributed by atoms with Gasteiger partial charge in [0, 0.05) is 24.2 Å². The van der Waals surface area contributed by atoms with Crippen LogP contribution in [0.2, 0.25) is 0 Å². The second-order valence-corrected chi connectivity index (χ2v) is 7.19. The number of aromatic nitrogens is 2. The van der Waals surface area contributed by atoms with Gasteiger partial charge in [0.2, 0.25) is 5.91 Å². The van der Waals surface area contributed by atoms with Crippen molar-refractivity contribution in [3.8, 4) is 0 Å². The molecular weight excluding hydrogens is 344 g/mol. The molecule has 1 aliphatic heterocycles. The molecule has 5 nitrogen and oxygen atoms in total. The molecule has 1 aliphatic rings. The van der Waals surface area contributed by atoms with Crippen LogP contribution in [0, 0.1) is 0 Å². The number of rotatable bonds is 5. The fourth-order valence-electron chi connectivity index (χ4n) is 3.12. The molecule has 0 radical (unpaired) electrons. The van der Waals surface area contributed by atoms with E-state index in [0.717, 1.165) is 35.5 Å². The van der Waals surface area contributed by atoms with E-state index in [0.29, 0.717) is 5.16 Å². The van der Waals surface area contributed by atoms with Crippen LogP contribution in [0.3, 0.4) is 0 Å². The molecule has 0 bridgehead atoms. The fraction of sp³-hybridized carbons (Fsp3) is 0.250. The van der Waals surface area contributed by atoms with Gasteiger partial charge in [0.1, 0.15) is 5.82 Å². The maximum Gasteiger partial charge on any atom is 0.234 e. The van der Waals surface area contributed by atoms with E-state index >= 15 is 0 Å². The third-order valence-corrected chi connectivity index (χ3v) is 5.21. The number of anilines is 2. The van der Waals surface area contributed by atoms with Crippen LogP contribution in [0.25, 0.3) is 10.9 Å². The summed E-state index contributed by atoms with van der Waals surface area (Å²) in [5, 5.41) is 4.62. The van der Waals surface area contributed by atoms with Crippen molar-refractivity contribution in [2.75, 3.05) is 29.1 Å². The summed E-state index contributed by atoms with van der Waals surface area (Å²) in [4.78, 5) is 23.9. The maximum atomic E-state index is 12.2. The van der Waals surface area contributed by atoms with E-state index < -0.39 is 0 Å². The topological polar surface area (TPSA) is 58.1 Å². The van der Waals surface area contributed by atoms with E-state index in [2.05, 4.69) is 21.3 Å². The van der Waals surface area contributed by atoms with E-state index in [1.165, 1.54) is 24.6 Å². The number of carbonyl (C=O) groups excluding carboxylic acids is 1. The van der Waals surface area contributed by atoms with E-state index in [4.69, 9.17) is 4.98 Å². The molecule has 0 atom stereocenters. The maximum absolute atomic E-state index is 12.2. The van der Waals surface area contributed by atoms with Crippen LogP contribution in [-0.4, -0.2) is 34.7 Å². The van der Waals surface area contributed by atoms with Gasteiger partial charge < -0.3 is 10.2 Å². The highest BCUT2D eigenvalue weighted by Crippen LogP contribution is 2.29. The molecular formula is C20H20N4OS. The van der Waals surface area contributed by atoms with Crippen LogP contribution < -0.4 is 10.2 Å². The van der Waals surface area contributed by atoms with Gasteiger partial charge >= 0.3 is 0 Å². The van der Waals surface area contributed by atoms with Crippen molar-refractivity contribution in [1.29, 1.82) is 0 Å². The Morgan fingerprint density at radius 1 is 1.00 bits per heavy atom. The van der Waals surface area contributed by atoms with Gasteiger partial charge in [-0.1, -0.05) is 42.1 Å². The Labute approximate surface area is 156 Å². The molecule has 0 aliphatic carbocycles. The summed E-state index contributed by atoms with van der Waals surface area (Å²) in [7, 11) is 0. The summed E-state index contributed by atoms with van der Waals surface area (Å²) < 4.78 is 0. The van der Waals surface area contributed by atoms with Crippen LogP contribution in [0.5, 0.6) is 0 Å². The summed E-state index contributed by atoms with van der Waals surface area (Å²) in [6.45, 7) is 2.05. The molecule has 2 aromatic carbocycles. The van der Waals surface area contributed by atoms with Crippen molar-refractivity contribution in [3.05, 3.63) is 54.6 Å². The number of fused-ring (bicyclic) bond motifs is 1. The Hall–Kier alpha value is -2.60. The zero-order valence-corrected chi connectivity index (χ0v) is 15.2. The molecule has 1 N–H and O–H groups in total. The molecule has 1 saturated heterocycles. The van der Waals surface area contributed by atoms with Crippen LogP contribution in [0.4, 0.5) is 11.5 Å². The Balaban J connectivity index is 1.52. The molecule has 26 heavy (non-hydrogen) atoms. The summed E-state index contributed by atoms with van der Waals surface area (Å²) in [5.41, 5.74) is 1.73. The minimum absolute atomic E-state index is 0.0549. The van der Waals surface area contributed by atoms with Crippen molar-refractivity contribution in [2.45, 2.75) is 18.0 Å². The minimum Gasteiger partial charge on any atom is -0.356 e. The number of benzene rings is 2. The lowest BCUT2D eigenvalue weighted by atomic mass is 10.2. The van der Waals surface area contributed by atoms with Gasteiger partial charge in [0.05, 0.1) is 11.3 Å². The lowest BCUT2D eigenvalue weighted by Crippen LogP contribution is -2.20. The molecule has 4 rings (SSSR count). The number of carbonyl (C=O) groups is 1. The van der Waals surface area contributed by atoms with Crippen LogP contribution in [0.1, 0.15) is 12.8 Å². The average molecular weight is 364 g/mol. The first kappa shape index (κ1) is 16.8. The SMILES string of the molecule is O=C(CSc1nc(N2CCCC2)c2ccccc2n1)Nc1ccccc1. The molecule has 132 valence electrons. The number of thioether (sulfide) groups is 1. The van der Waals surface area contributed by atoms with Crippen molar-refractivity contribution < 1.29 is 4.79 Å². The Morgan fingerprint density at radius 2 is 1.73 bits per heavy atom. The number of amides is 1. The van der Waals surface area contributed by atoms with Gasteiger partial charge in [-0.2, -0.15) is 0 Å². The predicted molar refractivity (Wildman–Crippen MR) is 107 cm³/mol. The second-order valence-electron chi connectivity index (χ2n) is 6.24. The number of para-hydroxylation sites is 2. The minimum atomic E-state index is -0.0549. The van der Waals surface area contributed by atoms with Gasteiger partial charge in [0.25, 0.3) is 0 Å². The van der Waals surface area contributed by atoms with Gasteiger partial charge in [-0.05, 0) is 37.1 Å². The van der Waals surface area contributed by atoms with Crippen LogP contribution in [-0.2, 0) is 4.79 Å². The van der Waals surface area contributed by atoms with E-state index in [-0.39, 0.29) is 11.7 Å². The predicted octanol–water partition coefficient (Wildman–Crippen LogP) is 3.96. The summed E-state index contributed by atoms with van der Waals surface area (Å²) in [6, 6.07) is 17.6. The first-order chi connectivity index (χ1) is 12.8. The van der Waals surface area contributed by atoms with Crippen LogP contribution in [0.15, 0.2) is 59.8 Å². The zero-order chi connectivity index (χ0) is 17.8. The summed E-state index contributed by atoms with van der Waals surface area (Å²) >= 11 is 1.37. The average Bonchev–Trinajstić information content (AvgIpc) is 3.21. The van der Waals surface area contributed by atoms with Gasteiger partial charge in [-0.25, -0.2) is 9.97 Å². The molecule has 1 aromatic heterocycles. The molecule has 0 unspecified atom stereocenters. The van der Waals surface area contributed by atoms with E-state index in [1.54, 1.807) is 0 Å². The summed E-state index contributed by atoms with van der Waals surface area (Å²) in [6.07, 6.45) is 2.39. The van der Waals surface area contributed by atoms with Crippen LogP contribution >= 0.6 is 11.8 Å². The van der Waals surface area contributed by atoms with Gasteiger partial charge in [-0.3, -0.25) is 4.79 Å². The van der Waals surface area contributed by atoms with Gasteiger partial charge in [0.15, 0.2) is 5.16 Å². The molecule has 1 amide bonds. The molecule has 2 heterocycles. The normalized spacial score (nSPS) is 13.9. The third kappa shape index (κ3) is 3.80. The molecule has 6 heteroatoms. The third-order valence-electron chi connectivity index (χ3n) is 4.36. The van der Waals surface area contributed by atoms with Crippen molar-refractivity contribution in [3.63, 3.8) is 0 Å². The first-order valence-corrected chi connectivity index (χ1v) is 9.77. The van der Waals surface area contributed by atoms with Crippen molar-refractivity contribution >= 4 is 40.1 Å². The quantitative estimate of drug-likeness (QED) is 0.548. The van der Waals surface area contributed by atoms with Gasteiger partial charge in [-0.15, -0.1) is 0 Å². The highest BCUT2D eigenvalue weighted by atomic mass is 32.2. The highest BCUT2D eigenvalue weighted by molar-refractivity contribution is 7.99. The Bertz CT molecular complexity index is 910. The lowest BCUT2D eigenvalue weighted by Gasteiger charge is -2.19. The number of nitrogens with one attached hydrogen (secondary N) is 1. The smallest absolute Gasteiger partial charge is 0.234 e. The number of nitrogens with zero attached hydrogens (tertiary/aromatic N) is 3. The first-order valence-electron chi connectivity index (χ1n) is 8.79. The van der Waals surface area contributed by atoms with E-state index in [1.807, 2.05) is 48.5 Å². The summed E-state index contributed by atoms with van der Waals surface area (Å²) in [5.74, 6) is 1.21. The van der Waals surface area contributed by atoms with Crippen molar-refractivity contribution in [1.82, 2.24) is 9.97 Å². The molecule has 1 fully saturated rings. The highest BCUT2D eigenvalue weighted by Gasteiger charge is 2.18. The van der Waals surface area contributed by atoms with E-state index in [9.17, 15) is 4.79 Å². The van der Waals surface area contributed by atoms with Crippen molar-refractivity contribution in [2.24, 2.45) is 0 Å². The molecule has 3 aromatic rings. The Kier molecular flexibility index (Phi) is 5.02. The number of hydrogen-bond donors (Lipinski definition) is 1. The molecule has 0 saturated carbocycles. The molecule has 0 spiro atoms.